The Balaban J connectivity index is 2.13. The van der Waals surface area contributed by atoms with Crippen molar-refractivity contribution in [3.05, 3.63) is 48.0 Å². The van der Waals surface area contributed by atoms with Gasteiger partial charge in [-0.25, -0.2) is 23.0 Å². The molecule has 2 N–H and O–H groups in total. The summed E-state index contributed by atoms with van der Waals surface area (Å²) in [6.45, 7) is 3.86. The summed E-state index contributed by atoms with van der Waals surface area (Å²) in [4.78, 5) is 30.6. The van der Waals surface area contributed by atoms with E-state index in [4.69, 9.17) is 4.74 Å². The number of benzene rings is 1. The lowest BCUT2D eigenvalue weighted by Gasteiger charge is -2.16. The van der Waals surface area contributed by atoms with E-state index in [1.54, 1.807) is 12.1 Å². The third kappa shape index (κ3) is 6.46. The van der Waals surface area contributed by atoms with Gasteiger partial charge in [-0.05, 0) is 25.5 Å². The third-order valence-corrected chi connectivity index (χ3v) is 5.28. The molecule has 1 heterocycles. The molecule has 0 amide bonds. The molecular weight excluding hydrogens is 386 g/mol. The van der Waals surface area contributed by atoms with Crippen molar-refractivity contribution in [1.29, 1.82) is 0 Å². The van der Waals surface area contributed by atoms with Crippen LogP contribution in [0.15, 0.2) is 41.7 Å². The van der Waals surface area contributed by atoms with Crippen molar-refractivity contribution in [3.63, 3.8) is 0 Å². The van der Waals surface area contributed by atoms with Crippen LogP contribution in [0.25, 0.3) is 0 Å². The van der Waals surface area contributed by atoms with Crippen LogP contribution < -0.4 is 4.72 Å². The van der Waals surface area contributed by atoms with Crippen LogP contribution in [0, 0.1) is 6.92 Å². The minimum atomic E-state index is -4.02. The molecule has 1 atom stereocenters. The van der Waals surface area contributed by atoms with Crippen LogP contribution in [-0.4, -0.2) is 43.2 Å². The van der Waals surface area contributed by atoms with Crippen LogP contribution in [0.5, 0.6) is 0 Å². The molecule has 2 aromatic rings. The second-order valence-corrected chi connectivity index (χ2v) is 7.85. The number of nitrogens with one attached hydrogen (secondary N) is 2. The number of rotatable bonds is 9. The monoisotopic (exact) mass is 409 g/mol. The fraction of sp³-hybridized carbons (Fsp3) is 0.389. The standard InChI is InChI=1S/C18H23N3O6S/c1-3-4-9-26-18(23)27-17(22)16(10-14-11-19-12-20-14)21-28(24,25)15-7-5-13(2)6-8-15/h5-8,11-12,16,21H,3-4,9-10H2,1-2H3,(H,19,20)/t16-/m0/s1. The molecule has 10 heteroatoms. The summed E-state index contributed by atoms with van der Waals surface area (Å²) < 4.78 is 37.0. The maximum absolute atomic E-state index is 12.6. The molecule has 1 aromatic carbocycles. The van der Waals surface area contributed by atoms with Crippen molar-refractivity contribution in [1.82, 2.24) is 14.7 Å². The van der Waals surface area contributed by atoms with Crippen LogP contribution >= 0.6 is 0 Å². The number of nitrogens with zero attached hydrogens (tertiary/aromatic N) is 1. The first-order valence-corrected chi connectivity index (χ1v) is 10.2. The second-order valence-electron chi connectivity index (χ2n) is 6.14. The summed E-state index contributed by atoms with van der Waals surface area (Å²) in [6.07, 6.45) is 3.03. The van der Waals surface area contributed by atoms with Gasteiger partial charge in [0.15, 0.2) is 0 Å². The van der Waals surface area contributed by atoms with E-state index in [0.717, 1.165) is 12.0 Å². The Bertz CT molecular complexity index is 879. The third-order valence-electron chi connectivity index (χ3n) is 3.79. The highest BCUT2D eigenvalue weighted by Gasteiger charge is 2.29. The van der Waals surface area contributed by atoms with E-state index in [0.29, 0.717) is 12.1 Å². The molecule has 0 bridgehead atoms. The predicted octanol–water partition coefficient (Wildman–Crippen LogP) is 2.09. The lowest BCUT2D eigenvalue weighted by atomic mass is 10.2. The Morgan fingerprint density at radius 2 is 1.96 bits per heavy atom. The highest BCUT2D eigenvalue weighted by Crippen LogP contribution is 2.12. The molecule has 9 nitrogen and oxygen atoms in total. The quantitative estimate of drug-likeness (QED) is 0.369. The van der Waals surface area contributed by atoms with Gasteiger partial charge in [0.2, 0.25) is 10.0 Å². The van der Waals surface area contributed by atoms with E-state index in [2.05, 4.69) is 19.4 Å². The summed E-state index contributed by atoms with van der Waals surface area (Å²) in [5.74, 6) is -1.06. The first-order chi connectivity index (χ1) is 13.3. The first-order valence-electron chi connectivity index (χ1n) is 8.76. The number of aryl methyl sites for hydroxylation is 1. The fourth-order valence-electron chi connectivity index (χ4n) is 2.24. The maximum Gasteiger partial charge on any atom is 0.516 e. The van der Waals surface area contributed by atoms with E-state index in [9.17, 15) is 18.0 Å². The van der Waals surface area contributed by atoms with Gasteiger partial charge in [0.05, 0.1) is 17.8 Å². The fourth-order valence-corrected chi connectivity index (χ4v) is 3.43. The molecule has 0 aliphatic rings. The number of aromatic amines is 1. The number of esters is 1. The highest BCUT2D eigenvalue weighted by molar-refractivity contribution is 7.89. The van der Waals surface area contributed by atoms with Crippen molar-refractivity contribution in [3.8, 4) is 0 Å². The van der Waals surface area contributed by atoms with Gasteiger partial charge in [0.1, 0.15) is 6.04 Å². The zero-order valence-corrected chi connectivity index (χ0v) is 16.5. The van der Waals surface area contributed by atoms with Gasteiger partial charge in [0.25, 0.3) is 0 Å². The minimum absolute atomic E-state index is 0.00830. The Morgan fingerprint density at radius 1 is 1.25 bits per heavy atom. The average molecular weight is 409 g/mol. The lowest BCUT2D eigenvalue weighted by molar-refractivity contribution is -0.141. The zero-order valence-electron chi connectivity index (χ0n) is 15.7. The molecule has 0 radical (unpaired) electrons. The molecule has 0 saturated carbocycles. The van der Waals surface area contributed by atoms with Gasteiger partial charge in [-0.3, -0.25) is 0 Å². The number of hydrogen-bond acceptors (Lipinski definition) is 7. The molecule has 0 spiro atoms. The molecule has 0 unspecified atom stereocenters. The number of hydrogen-bond donors (Lipinski definition) is 2. The Kier molecular flexibility index (Phi) is 7.70. The number of ether oxygens (including phenoxy) is 2. The van der Waals surface area contributed by atoms with Gasteiger partial charge < -0.3 is 14.5 Å². The van der Waals surface area contributed by atoms with Crippen LogP contribution in [0.1, 0.15) is 31.0 Å². The molecule has 0 saturated heterocycles. The topological polar surface area (TPSA) is 127 Å². The second kappa shape index (κ2) is 10.00. The number of aromatic nitrogens is 2. The number of carbonyl (C=O) groups excluding carboxylic acids is 2. The Hall–Kier alpha value is -2.72. The minimum Gasteiger partial charge on any atom is -0.434 e. The number of imidazole rings is 1. The number of unbranched alkanes of at least 4 members (excludes halogenated alkanes) is 1. The van der Waals surface area contributed by atoms with Gasteiger partial charge >= 0.3 is 12.1 Å². The summed E-state index contributed by atoms with van der Waals surface area (Å²) in [5, 5.41) is 0. The van der Waals surface area contributed by atoms with Gasteiger partial charge in [0, 0.05) is 18.3 Å². The van der Waals surface area contributed by atoms with Crippen molar-refractivity contribution >= 4 is 22.1 Å². The number of carbonyl (C=O) groups is 2. The predicted molar refractivity (Wildman–Crippen MR) is 99.9 cm³/mol. The number of H-pyrrole nitrogens is 1. The SMILES string of the molecule is CCCCOC(=O)OC(=O)[C@H](Cc1cnc[nH]1)NS(=O)(=O)c1ccc(C)cc1. The summed E-state index contributed by atoms with van der Waals surface area (Å²) in [5.41, 5.74) is 1.38. The molecule has 2 rings (SSSR count). The summed E-state index contributed by atoms with van der Waals surface area (Å²) in [7, 11) is -4.02. The van der Waals surface area contributed by atoms with Crippen LogP contribution in [-0.2, 0) is 30.7 Å². The summed E-state index contributed by atoms with van der Waals surface area (Å²) in [6, 6.07) is 4.79. The van der Waals surface area contributed by atoms with E-state index < -0.39 is 28.2 Å². The number of sulfonamides is 1. The first kappa shape index (κ1) is 21.6. The van der Waals surface area contributed by atoms with Crippen molar-refractivity contribution in [2.75, 3.05) is 6.61 Å². The van der Waals surface area contributed by atoms with Crippen molar-refractivity contribution in [2.45, 2.75) is 44.0 Å². The molecule has 0 fully saturated rings. The van der Waals surface area contributed by atoms with Crippen LogP contribution in [0.3, 0.4) is 0 Å². The van der Waals surface area contributed by atoms with Crippen LogP contribution in [0.2, 0.25) is 0 Å². The smallest absolute Gasteiger partial charge is 0.434 e. The van der Waals surface area contributed by atoms with E-state index in [-0.39, 0.29) is 17.9 Å². The molecular formula is C18H23N3O6S. The van der Waals surface area contributed by atoms with Crippen molar-refractivity contribution in [2.24, 2.45) is 0 Å². The van der Waals surface area contributed by atoms with E-state index in [1.165, 1.54) is 24.7 Å². The maximum atomic E-state index is 12.6. The normalized spacial score (nSPS) is 12.4. The molecule has 1 aromatic heterocycles. The molecule has 0 aliphatic carbocycles. The largest absolute Gasteiger partial charge is 0.516 e. The van der Waals surface area contributed by atoms with Crippen molar-refractivity contribution < 1.29 is 27.5 Å². The van der Waals surface area contributed by atoms with Crippen LogP contribution in [0.4, 0.5) is 4.79 Å². The van der Waals surface area contributed by atoms with E-state index >= 15 is 0 Å². The average Bonchev–Trinajstić information content (AvgIpc) is 3.14. The highest BCUT2D eigenvalue weighted by atomic mass is 32.2. The molecule has 152 valence electrons. The Morgan fingerprint density at radius 3 is 2.57 bits per heavy atom. The van der Waals surface area contributed by atoms with Gasteiger partial charge in [-0.2, -0.15) is 4.72 Å². The zero-order chi connectivity index (χ0) is 20.6. The molecule has 0 aliphatic heterocycles. The Labute approximate surface area is 163 Å². The van der Waals surface area contributed by atoms with Gasteiger partial charge in [-0.15, -0.1) is 0 Å². The summed E-state index contributed by atoms with van der Waals surface area (Å²) >= 11 is 0. The van der Waals surface area contributed by atoms with Gasteiger partial charge in [-0.1, -0.05) is 31.0 Å². The lowest BCUT2D eigenvalue weighted by Crippen LogP contribution is -2.44. The van der Waals surface area contributed by atoms with E-state index in [1.807, 2.05) is 13.8 Å². The molecule has 28 heavy (non-hydrogen) atoms.